The van der Waals surface area contributed by atoms with Gasteiger partial charge in [-0.15, -0.1) is 0 Å². The fourth-order valence-electron chi connectivity index (χ4n) is 1.87. The van der Waals surface area contributed by atoms with Crippen LogP contribution in [-0.2, 0) is 9.84 Å². The molecule has 0 radical (unpaired) electrons. The smallest absolute Gasteiger partial charge is 0.187 e. The number of rotatable bonds is 3. The second-order valence-electron chi connectivity index (χ2n) is 4.28. The summed E-state index contributed by atoms with van der Waals surface area (Å²) < 4.78 is 25.1. The summed E-state index contributed by atoms with van der Waals surface area (Å²) >= 11 is 5.79. The Labute approximate surface area is 117 Å². The largest absolute Gasteiger partial charge is 0.398 e. The molecule has 0 spiro atoms. The Morgan fingerprint density at radius 2 is 1.74 bits per heavy atom. The minimum atomic E-state index is -3.52. The molecule has 0 saturated heterocycles. The number of nitrogens with two attached hydrogens (primary N) is 1. The Kier molecular flexibility index (Phi) is 3.83. The lowest BCUT2D eigenvalue weighted by atomic mass is 10.2. The molecule has 2 N–H and O–H groups in total. The van der Waals surface area contributed by atoms with Crippen molar-refractivity contribution in [1.82, 2.24) is 0 Å². The molecule has 0 aliphatic rings. The van der Waals surface area contributed by atoms with Crippen molar-refractivity contribution >= 4 is 27.1 Å². The third-order valence-corrected chi connectivity index (χ3v) is 5.44. The molecule has 5 heteroatoms. The van der Waals surface area contributed by atoms with E-state index >= 15 is 0 Å². The van der Waals surface area contributed by atoms with Crippen LogP contribution in [0, 0.1) is 0 Å². The van der Waals surface area contributed by atoms with Crippen molar-refractivity contribution in [3.8, 4) is 0 Å². The summed E-state index contributed by atoms with van der Waals surface area (Å²) in [4.78, 5) is 0.119. The van der Waals surface area contributed by atoms with Crippen LogP contribution >= 0.6 is 11.6 Å². The van der Waals surface area contributed by atoms with Gasteiger partial charge in [0.1, 0.15) is 0 Å². The standard InChI is InChI=1S/C14H14ClNO2S/c1-10(11-5-3-2-4-6-11)19(17,18)14-8-7-12(15)9-13(14)16/h2-10H,16H2,1H3. The third kappa shape index (κ3) is 2.74. The van der Waals surface area contributed by atoms with Crippen molar-refractivity contribution in [2.24, 2.45) is 0 Å². The van der Waals surface area contributed by atoms with Gasteiger partial charge in [0.25, 0.3) is 0 Å². The van der Waals surface area contributed by atoms with Gasteiger partial charge < -0.3 is 5.73 Å². The average Bonchev–Trinajstić information content (AvgIpc) is 2.38. The van der Waals surface area contributed by atoms with Crippen LogP contribution < -0.4 is 5.73 Å². The molecule has 0 saturated carbocycles. The molecule has 2 aromatic rings. The number of hydrogen-bond acceptors (Lipinski definition) is 3. The molecule has 0 aliphatic carbocycles. The van der Waals surface area contributed by atoms with Crippen molar-refractivity contribution in [1.29, 1.82) is 0 Å². The maximum absolute atomic E-state index is 12.5. The van der Waals surface area contributed by atoms with Crippen LogP contribution in [0.4, 0.5) is 5.69 Å². The minimum Gasteiger partial charge on any atom is -0.398 e. The van der Waals surface area contributed by atoms with Crippen LogP contribution in [-0.4, -0.2) is 8.42 Å². The summed E-state index contributed by atoms with van der Waals surface area (Å²) in [6.45, 7) is 1.65. The first kappa shape index (κ1) is 13.9. The fraction of sp³-hybridized carbons (Fsp3) is 0.143. The van der Waals surface area contributed by atoms with E-state index in [1.807, 2.05) is 18.2 Å². The molecule has 19 heavy (non-hydrogen) atoms. The maximum atomic E-state index is 12.5. The molecular formula is C14H14ClNO2S. The zero-order valence-electron chi connectivity index (χ0n) is 10.4. The zero-order chi connectivity index (χ0) is 14.0. The summed E-state index contributed by atoms with van der Waals surface area (Å²) in [5.74, 6) is 0. The molecule has 2 aromatic carbocycles. The molecule has 0 fully saturated rings. The highest BCUT2D eigenvalue weighted by Crippen LogP contribution is 2.32. The van der Waals surface area contributed by atoms with E-state index in [0.717, 1.165) is 5.56 Å². The molecule has 0 aliphatic heterocycles. The van der Waals surface area contributed by atoms with Gasteiger partial charge in [-0.1, -0.05) is 41.9 Å². The van der Waals surface area contributed by atoms with Crippen LogP contribution in [0.2, 0.25) is 5.02 Å². The normalized spacial score (nSPS) is 13.2. The summed E-state index contributed by atoms with van der Waals surface area (Å²) in [6.07, 6.45) is 0. The molecular weight excluding hydrogens is 282 g/mol. The molecule has 0 amide bonds. The Balaban J connectivity index is 2.48. The lowest BCUT2D eigenvalue weighted by Crippen LogP contribution is -2.12. The van der Waals surface area contributed by atoms with Gasteiger partial charge in [0.2, 0.25) is 0 Å². The third-order valence-electron chi connectivity index (χ3n) is 3.01. The van der Waals surface area contributed by atoms with E-state index in [4.69, 9.17) is 17.3 Å². The molecule has 2 rings (SSSR count). The minimum absolute atomic E-state index is 0.119. The van der Waals surface area contributed by atoms with E-state index in [-0.39, 0.29) is 10.6 Å². The number of nitrogen functional groups attached to an aromatic ring is 1. The van der Waals surface area contributed by atoms with E-state index < -0.39 is 15.1 Å². The molecule has 100 valence electrons. The van der Waals surface area contributed by atoms with E-state index in [9.17, 15) is 8.42 Å². The molecule has 3 nitrogen and oxygen atoms in total. The predicted molar refractivity (Wildman–Crippen MR) is 77.9 cm³/mol. The van der Waals surface area contributed by atoms with Gasteiger partial charge >= 0.3 is 0 Å². The first-order chi connectivity index (χ1) is 8.93. The topological polar surface area (TPSA) is 60.2 Å². The predicted octanol–water partition coefficient (Wildman–Crippen LogP) is 3.46. The van der Waals surface area contributed by atoms with E-state index in [1.165, 1.54) is 18.2 Å². The second-order valence-corrected chi connectivity index (χ2v) is 6.95. The molecule has 0 bridgehead atoms. The lowest BCUT2D eigenvalue weighted by molar-refractivity contribution is 0.586. The average molecular weight is 296 g/mol. The van der Waals surface area contributed by atoms with Crippen molar-refractivity contribution in [3.63, 3.8) is 0 Å². The van der Waals surface area contributed by atoms with Crippen LogP contribution in [0.15, 0.2) is 53.4 Å². The van der Waals surface area contributed by atoms with Gasteiger partial charge in [-0.25, -0.2) is 8.42 Å². The lowest BCUT2D eigenvalue weighted by Gasteiger charge is -2.15. The van der Waals surface area contributed by atoms with Gasteiger partial charge in [0.15, 0.2) is 9.84 Å². The Hall–Kier alpha value is -1.52. The number of anilines is 1. The second kappa shape index (κ2) is 5.23. The molecule has 1 unspecified atom stereocenters. The number of halogens is 1. The number of sulfone groups is 1. The molecule has 0 heterocycles. The van der Waals surface area contributed by atoms with Crippen molar-refractivity contribution < 1.29 is 8.42 Å². The molecule has 1 atom stereocenters. The van der Waals surface area contributed by atoms with Gasteiger partial charge in [0, 0.05) is 5.02 Å². The Bertz CT molecular complexity index is 684. The Morgan fingerprint density at radius 3 is 2.32 bits per heavy atom. The fourth-order valence-corrected chi connectivity index (χ4v) is 3.59. The van der Waals surface area contributed by atoms with E-state index in [0.29, 0.717) is 5.02 Å². The van der Waals surface area contributed by atoms with E-state index in [1.54, 1.807) is 19.1 Å². The van der Waals surface area contributed by atoms with Crippen LogP contribution in [0.5, 0.6) is 0 Å². The Morgan fingerprint density at radius 1 is 1.11 bits per heavy atom. The van der Waals surface area contributed by atoms with Crippen LogP contribution in [0.25, 0.3) is 0 Å². The van der Waals surface area contributed by atoms with Crippen molar-refractivity contribution in [2.75, 3.05) is 5.73 Å². The highest BCUT2D eigenvalue weighted by Gasteiger charge is 2.26. The van der Waals surface area contributed by atoms with Crippen LogP contribution in [0.1, 0.15) is 17.7 Å². The first-order valence-electron chi connectivity index (χ1n) is 5.77. The summed E-state index contributed by atoms with van der Waals surface area (Å²) in [5, 5.41) is -0.235. The van der Waals surface area contributed by atoms with E-state index in [2.05, 4.69) is 0 Å². The summed E-state index contributed by atoms with van der Waals surface area (Å²) in [6, 6.07) is 13.5. The van der Waals surface area contributed by atoms with Gasteiger partial charge in [-0.3, -0.25) is 0 Å². The van der Waals surface area contributed by atoms with Crippen molar-refractivity contribution in [3.05, 3.63) is 59.1 Å². The number of benzene rings is 2. The highest BCUT2D eigenvalue weighted by atomic mass is 35.5. The SMILES string of the molecule is CC(c1ccccc1)S(=O)(=O)c1ccc(Cl)cc1N. The van der Waals surface area contributed by atoms with Gasteiger partial charge in [-0.05, 0) is 30.7 Å². The number of hydrogen-bond donors (Lipinski definition) is 1. The molecule has 0 aromatic heterocycles. The van der Waals surface area contributed by atoms with Gasteiger partial charge in [0.05, 0.1) is 15.8 Å². The summed E-state index contributed by atoms with van der Waals surface area (Å²) in [7, 11) is -3.52. The maximum Gasteiger partial charge on any atom is 0.187 e. The first-order valence-corrected chi connectivity index (χ1v) is 7.69. The highest BCUT2D eigenvalue weighted by molar-refractivity contribution is 7.91. The van der Waals surface area contributed by atoms with Crippen LogP contribution in [0.3, 0.4) is 0 Å². The monoisotopic (exact) mass is 295 g/mol. The van der Waals surface area contributed by atoms with Crippen molar-refractivity contribution in [2.45, 2.75) is 17.1 Å². The quantitative estimate of drug-likeness (QED) is 0.882. The summed E-state index contributed by atoms with van der Waals surface area (Å²) in [5.41, 5.74) is 6.67. The van der Waals surface area contributed by atoms with Gasteiger partial charge in [-0.2, -0.15) is 0 Å². The zero-order valence-corrected chi connectivity index (χ0v) is 11.9.